The Morgan fingerprint density at radius 2 is 1.75 bits per heavy atom. The third kappa shape index (κ3) is 5.06. The molecule has 0 atom stereocenters. The SMILES string of the molecule is NC(=O)C1CCN(c2ccc(NC(=O)CCc3cc(F)ccc3F)cc2)CC1. The molecule has 1 heterocycles. The quantitative estimate of drug-likeness (QED) is 0.799. The Balaban J connectivity index is 1.50. The van der Waals surface area contributed by atoms with Crippen LogP contribution in [0.3, 0.4) is 0 Å². The number of nitrogens with zero attached hydrogens (tertiary/aromatic N) is 1. The first-order chi connectivity index (χ1) is 13.4. The van der Waals surface area contributed by atoms with E-state index in [0.717, 1.165) is 49.8 Å². The van der Waals surface area contributed by atoms with Crippen molar-refractivity contribution in [2.45, 2.75) is 25.7 Å². The molecule has 0 aromatic heterocycles. The molecule has 0 spiro atoms. The Morgan fingerprint density at radius 1 is 1.07 bits per heavy atom. The van der Waals surface area contributed by atoms with Crippen LogP contribution in [-0.2, 0) is 16.0 Å². The van der Waals surface area contributed by atoms with Crippen molar-refractivity contribution in [2.75, 3.05) is 23.3 Å². The summed E-state index contributed by atoms with van der Waals surface area (Å²) in [7, 11) is 0. The number of hydrogen-bond donors (Lipinski definition) is 2. The van der Waals surface area contributed by atoms with Gasteiger partial charge in [0.25, 0.3) is 0 Å². The number of aryl methyl sites for hydroxylation is 1. The number of amides is 2. The van der Waals surface area contributed by atoms with Gasteiger partial charge in [-0.1, -0.05) is 0 Å². The topological polar surface area (TPSA) is 75.4 Å². The van der Waals surface area contributed by atoms with Crippen molar-refractivity contribution in [2.24, 2.45) is 11.7 Å². The number of anilines is 2. The highest BCUT2D eigenvalue weighted by Crippen LogP contribution is 2.24. The van der Waals surface area contributed by atoms with Crippen LogP contribution in [0.25, 0.3) is 0 Å². The molecule has 7 heteroatoms. The summed E-state index contributed by atoms with van der Waals surface area (Å²) >= 11 is 0. The van der Waals surface area contributed by atoms with Gasteiger partial charge >= 0.3 is 0 Å². The number of carbonyl (C=O) groups excluding carboxylic acids is 2. The second-order valence-corrected chi connectivity index (χ2v) is 6.99. The van der Waals surface area contributed by atoms with Gasteiger partial charge in [-0.3, -0.25) is 9.59 Å². The second kappa shape index (κ2) is 8.82. The molecule has 1 aliphatic rings. The first kappa shape index (κ1) is 19.8. The molecule has 28 heavy (non-hydrogen) atoms. The predicted molar refractivity (Wildman–Crippen MR) is 104 cm³/mol. The van der Waals surface area contributed by atoms with Crippen LogP contribution in [0, 0.1) is 17.6 Å². The Labute approximate surface area is 162 Å². The molecule has 0 radical (unpaired) electrons. The lowest BCUT2D eigenvalue weighted by Gasteiger charge is -2.32. The first-order valence-corrected chi connectivity index (χ1v) is 9.30. The summed E-state index contributed by atoms with van der Waals surface area (Å²) < 4.78 is 26.8. The molecule has 3 rings (SSSR count). The maximum Gasteiger partial charge on any atom is 0.224 e. The molecule has 0 aliphatic carbocycles. The Kier molecular flexibility index (Phi) is 6.23. The molecule has 1 aliphatic heterocycles. The minimum Gasteiger partial charge on any atom is -0.371 e. The molecule has 0 saturated carbocycles. The van der Waals surface area contributed by atoms with E-state index in [9.17, 15) is 18.4 Å². The fourth-order valence-electron chi connectivity index (χ4n) is 3.38. The van der Waals surface area contributed by atoms with Gasteiger partial charge in [0.15, 0.2) is 0 Å². The Morgan fingerprint density at radius 3 is 2.39 bits per heavy atom. The lowest BCUT2D eigenvalue weighted by molar-refractivity contribution is -0.122. The Bertz CT molecular complexity index is 847. The minimum absolute atomic E-state index is 0.0577. The number of carbonyl (C=O) groups is 2. The van der Waals surface area contributed by atoms with Gasteiger partial charge in [-0.15, -0.1) is 0 Å². The summed E-state index contributed by atoms with van der Waals surface area (Å²) in [5.41, 5.74) is 7.20. The summed E-state index contributed by atoms with van der Waals surface area (Å²) in [6, 6.07) is 10.6. The highest BCUT2D eigenvalue weighted by molar-refractivity contribution is 5.91. The minimum atomic E-state index is -0.521. The van der Waals surface area contributed by atoms with E-state index in [1.165, 1.54) is 0 Å². The van der Waals surface area contributed by atoms with Crippen LogP contribution in [0.2, 0.25) is 0 Å². The lowest BCUT2D eigenvalue weighted by atomic mass is 9.96. The van der Waals surface area contributed by atoms with Crippen molar-refractivity contribution in [3.63, 3.8) is 0 Å². The van der Waals surface area contributed by atoms with Crippen LogP contribution in [0.4, 0.5) is 20.2 Å². The average molecular weight is 387 g/mol. The molecule has 2 amide bonds. The zero-order valence-corrected chi connectivity index (χ0v) is 15.5. The molecule has 1 saturated heterocycles. The summed E-state index contributed by atoms with van der Waals surface area (Å²) in [5, 5.41) is 2.76. The molecule has 3 N–H and O–H groups in total. The van der Waals surface area contributed by atoms with E-state index < -0.39 is 11.6 Å². The number of primary amides is 1. The van der Waals surface area contributed by atoms with Crippen LogP contribution in [0.5, 0.6) is 0 Å². The maximum absolute atomic E-state index is 13.6. The van der Waals surface area contributed by atoms with Gasteiger partial charge in [-0.25, -0.2) is 8.78 Å². The summed E-state index contributed by atoms with van der Waals surface area (Å²) in [4.78, 5) is 25.5. The third-order valence-electron chi connectivity index (χ3n) is 5.04. The van der Waals surface area contributed by atoms with E-state index >= 15 is 0 Å². The summed E-state index contributed by atoms with van der Waals surface area (Å²) in [6.45, 7) is 1.52. The number of hydrogen-bond acceptors (Lipinski definition) is 3. The van der Waals surface area contributed by atoms with E-state index in [1.807, 2.05) is 12.1 Å². The zero-order chi connectivity index (χ0) is 20.1. The van der Waals surface area contributed by atoms with Gasteiger partial charge in [0.05, 0.1) is 0 Å². The van der Waals surface area contributed by atoms with Crippen LogP contribution >= 0.6 is 0 Å². The van der Waals surface area contributed by atoms with Crippen molar-refractivity contribution in [1.29, 1.82) is 0 Å². The molecule has 0 unspecified atom stereocenters. The monoisotopic (exact) mass is 387 g/mol. The molecule has 5 nitrogen and oxygen atoms in total. The second-order valence-electron chi connectivity index (χ2n) is 6.99. The highest BCUT2D eigenvalue weighted by atomic mass is 19.1. The van der Waals surface area contributed by atoms with Gasteiger partial charge in [-0.05, 0) is 67.3 Å². The van der Waals surface area contributed by atoms with Gasteiger partial charge in [-0.2, -0.15) is 0 Å². The third-order valence-corrected chi connectivity index (χ3v) is 5.04. The number of piperidine rings is 1. The van der Waals surface area contributed by atoms with E-state index in [1.54, 1.807) is 12.1 Å². The zero-order valence-electron chi connectivity index (χ0n) is 15.5. The van der Waals surface area contributed by atoms with Crippen molar-refractivity contribution >= 4 is 23.2 Å². The van der Waals surface area contributed by atoms with Crippen LogP contribution in [0.15, 0.2) is 42.5 Å². The summed E-state index contributed by atoms with van der Waals surface area (Å²) in [6.07, 6.45) is 1.67. The van der Waals surface area contributed by atoms with Crippen molar-refractivity contribution < 1.29 is 18.4 Å². The van der Waals surface area contributed by atoms with Gasteiger partial charge < -0.3 is 16.0 Å². The normalized spacial score (nSPS) is 14.7. The Hall–Kier alpha value is -2.96. The molecule has 2 aromatic carbocycles. The van der Waals surface area contributed by atoms with Gasteiger partial charge in [0.2, 0.25) is 11.8 Å². The fourth-order valence-corrected chi connectivity index (χ4v) is 3.38. The van der Waals surface area contributed by atoms with Crippen LogP contribution in [-0.4, -0.2) is 24.9 Å². The van der Waals surface area contributed by atoms with Crippen molar-refractivity contribution in [3.8, 4) is 0 Å². The molecular formula is C21H23F2N3O2. The number of halogens is 2. The molecular weight excluding hydrogens is 364 g/mol. The van der Waals surface area contributed by atoms with E-state index in [4.69, 9.17) is 5.73 Å². The molecule has 148 valence electrons. The lowest BCUT2D eigenvalue weighted by Crippen LogP contribution is -2.38. The van der Waals surface area contributed by atoms with Crippen LogP contribution < -0.4 is 16.0 Å². The first-order valence-electron chi connectivity index (χ1n) is 9.30. The van der Waals surface area contributed by atoms with E-state index in [2.05, 4.69) is 10.2 Å². The molecule has 1 fully saturated rings. The summed E-state index contributed by atoms with van der Waals surface area (Å²) in [5.74, 6) is -1.60. The van der Waals surface area contributed by atoms with Gasteiger partial charge in [0.1, 0.15) is 11.6 Å². The average Bonchev–Trinajstić information content (AvgIpc) is 2.69. The number of benzene rings is 2. The largest absolute Gasteiger partial charge is 0.371 e. The number of nitrogens with two attached hydrogens (primary N) is 1. The van der Waals surface area contributed by atoms with Crippen LogP contribution in [0.1, 0.15) is 24.8 Å². The van der Waals surface area contributed by atoms with E-state index in [0.29, 0.717) is 5.69 Å². The van der Waals surface area contributed by atoms with E-state index in [-0.39, 0.29) is 36.1 Å². The molecule has 2 aromatic rings. The van der Waals surface area contributed by atoms with Gasteiger partial charge in [0, 0.05) is 36.8 Å². The fraction of sp³-hybridized carbons (Fsp3) is 0.333. The number of nitrogens with one attached hydrogen (secondary N) is 1. The predicted octanol–water partition coefficient (Wildman–Crippen LogP) is 3.24. The van der Waals surface area contributed by atoms with Crippen molar-refractivity contribution in [3.05, 3.63) is 59.7 Å². The molecule has 0 bridgehead atoms. The standard InChI is InChI=1S/C21H23F2N3O2/c22-16-2-7-19(23)15(13-16)1-8-20(27)25-17-3-5-18(6-4-17)26-11-9-14(10-12-26)21(24)28/h2-7,13-14H,1,8-12H2,(H2,24,28)(H,25,27). The highest BCUT2D eigenvalue weighted by Gasteiger charge is 2.23. The number of rotatable bonds is 6. The van der Waals surface area contributed by atoms with Crippen molar-refractivity contribution in [1.82, 2.24) is 0 Å². The maximum atomic E-state index is 13.6. The smallest absolute Gasteiger partial charge is 0.224 e.